The van der Waals surface area contributed by atoms with Gasteiger partial charge in [-0.05, 0) is 13.0 Å². The number of anilines is 1. The summed E-state index contributed by atoms with van der Waals surface area (Å²) in [5, 5.41) is 5.65. The highest BCUT2D eigenvalue weighted by Crippen LogP contribution is 2.14. The number of amides is 1. The average molecular weight is 222 g/mol. The van der Waals surface area contributed by atoms with Crippen molar-refractivity contribution >= 4 is 11.9 Å². The van der Waals surface area contributed by atoms with Gasteiger partial charge in [-0.25, -0.2) is 9.97 Å². The Bertz CT molecular complexity index is 364. The quantitative estimate of drug-likeness (QED) is 0.737. The first-order valence-corrected chi connectivity index (χ1v) is 5.09. The van der Waals surface area contributed by atoms with E-state index in [1.807, 2.05) is 6.92 Å². The fraction of sp³-hybridized carbons (Fsp3) is 0.500. The van der Waals surface area contributed by atoms with Gasteiger partial charge in [0.2, 0.25) is 5.95 Å². The van der Waals surface area contributed by atoms with Gasteiger partial charge in [0.15, 0.2) is 0 Å². The maximum atomic E-state index is 11.5. The largest absolute Gasteiger partial charge is 0.363 e. The number of hydrogen-bond acceptors (Lipinski definition) is 5. The van der Waals surface area contributed by atoms with Gasteiger partial charge in [-0.2, -0.15) is 0 Å². The third-order valence-electron chi connectivity index (χ3n) is 2.37. The predicted octanol–water partition coefficient (Wildman–Crippen LogP) is -0.206. The van der Waals surface area contributed by atoms with E-state index in [-0.39, 0.29) is 18.1 Å². The number of rotatable bonds is 4. The fourth-order valence-electron chi connectivity index (χ4n) is 1.34. The van der Waals surface area contributed by atoms with Gasteiger partial charge in [0.05, 0.1) is 5.60 Å². The first-order chi connectivity index (χ1) is 7.68. The summed E-state index contributed by atoms with van der Waals surface area (Å²) in [6.45, 7) is 3.55. The summed E-state index contributed by atoms with van der Waals surface area (Å²) in [5.41, 5.74) is -0.213. The fourth-order valence-corrected chi connectivity index (χ4v) is 1.34. The van der Waals surface area contributed by atoms with E-state index in [1.165, 1.54) is 0 Å². The highest BCUT2D eigenvalue weighted by molar-refractivity contribution is 5.89. The molecule has 0 spiro atoms. The molecule has 0 saturated carbocycles. The number of hydrogen-bond donors (Lipinski definition) is 2. The van der Waals surface area contributed by atoms with Gasteiger partial charge < -0.3 is 10.1 Å². The molecule has 1 aliphatic rings. The molecule has 1 fully saturated rings. The molecule has 2 heterocycles. The minimum Gasteiger partial charge on any atom is -0.363 e. The molecule has 1 aromatic rings. The molecule has 86 valence electrons. The summed E-state index contributed by atoms with van der Waals surface area (Å²) in [4.78, 5) is 19.2. The normalized spacial score (nSPS) is 17.6. The van der Waals surface area contributed by atoms with E-state index >= 15 is 0 Å². The molecule has 0 aliphatic carbocycles. The summed E-state index contributed by atoms with van der Waals surface area (Å²) in [6.07, 6.45) is 3.14. The third kappa shape index (κ3) is 2.74. The Balaban J connectivity index is 1.76. The number of ether oxygens (including phenoxy) is 1. The van der Waals surface area contributed by atoms with Gasteiger partial charge in [-0.15, -0.1) is 0 Å². The molecule has 2 rings (SSSR count). The lowest BCUT2D eigenvalue weighted by molar-refractivity contribution is -0.130. The van der Waals surface area contributed by atoms with E-state index in [0.29, 0.717) is 5.95 Å². The third-order valence-corrected chi connectivity index (χ3v) is 2.37. The van der Waals surface area contributed by atoms with E-state index in [2.05, 4.69) is 20.6 Å². The number of nitrogens with one attached hydrogen (secondary N) is 2. The van der Waals surface area contributed by atoms with Crippen LogP contribution in [0.1, 0.15) is 6.92 Å². The molecule has 0 bridgehead atoms. The van der Waals surface area contributed by atoms with Crippen LogP contribution < -0.4 is 10.6 Å². The standard InChI is InChI=1S/C10H14N4O2/c1-10(6-11-7-10)16-5-8(15)14-9-12-3-2-4-13-9/h2-4,11H,5-7H2,1H3,(H,12,13,14,15). The molecule has 0 atom stereocenters. The van der Waals surface area contributed by atoms with Crippen molar-refractivity contribution in [2.75, 3.05) is 25.0 Å². The topological polar surface area (TPSA) is 76.1 Å². The summed E-state index contributed by atoms with van der Waals surface area (Å²) < 4.78 is 5.47. The van der Waals surface area contributed by atoms with Gasteiger partial charge in [0.1, 0.15) is 6.61 Å². The summed E-state index contributed by atoms with van der Waals surface area (Å²) in [5.74, 6) is 0.0623. The summed E-state index contributed by atoms with van der Waals surface area (Å²) in [7, 11) is 0. The lowest BCUT2D eigenvalue weighted by Gasteiger charge is -2.38. The first-order valence-electron chi connectivity index (χ1n) is 5.09. The van der Waals surface area contributed by atoms with Crippen LogP contribution in [0.5, 0.6) is 0 Å². The molecular formula is C10H14N4O2. The molecule has 16 heavy (non-hydrogen) atoms. The van der Waals surface area contributed by atoms with Crippen LogP contribution in [0.2, 0.25) is 0 Å². The van der Waals surface area contributed by atoms with Crippen molar-refractivity contribution in [2.24, 2.45) is 0 Å². The van der Waals surface area contributed by atoms with Crippen LogP contribution in [0, 0.1) is 0 Å². The average Bonchev–Trinajstić information content (AvgIpc) is 2.25. The second kappa shape index (κ2) is 4.54. The molecule has 6 heteroatoms. The lowest BCUT2D eigenvalue weighted by Crippen LogP contribution is -2.59. The van der Waals surface area contributed by atoms with Crippen molar-refractivity contribution in [3.63, 3.8) is 0 Å². The van der Waals surface area contributed by atoms with Crippen molar-refractivity contribution < 1.29 is 9.53 Å². The second-order valence-electron chi connectivity index (χ2n) is 3.96. The molecule has 1 aromatic heterocycles. The van der Waals surface area contributed by atoms with Gasteiger partial charge in [-0.3, -0.25) is 10.1 Å². The van der Waals surface area contributed by atoms with E-state index in [4.69, 9.17) is 4.74 Å². The molecule has 6 nitrogen and oxygen atoms in total. The molecule has 1 saturated heterocycles. The van der Waals surface area contributed by atoms with Crippen LogP contribution >= 0.6 is 0 Å². The minimum atomic E-state index is -0.237. The smallest absolute Gasteiger partial charge is 0.252 e. The van der Waals surface area contributed by atoms with E-state index in [0.717, 1.165) is 13.1 Å². The van der Waals surface area contributed by atoms with Crippen molar-refractivity contribution in [2.45, 2.75) is 12.5 Å². The summed E-state index contributed by atoms with van der Waals surface area (Å²) >= 11 is 0. The van der Waals surface area contributed by atoms with Crippen molar-refractivity contribution in [3.8, 4) is 0 Å². The Labute approximate surface area is 93.4 Å². The molecular weight excluding hydrogens is 208 g/mol. The maximum Gasteiger partial charge on any atom is 0.252 e. The zero-order valence-corrected chi connectivity index (χ0v) is 9.06. The van der Waals surface area contributed by atoms with E-state index in [1.54, 1.807) is 18.5 Å². The Morgan fingerprint density at radius 1 is 1.56 bits per heavy atom. The van der Waals surface area contributed by atoms with Crippen LogP contribution in [-0.2, 0) is 9.53 Å². The number of carbonyl (C=O) groups excluding carboxylic acids is 1. The van der Waals surface area contributed by atoms with Crippen LogP contribution in [0.25, 0.3) is 0 Å². The number of carbonyl (C=O) groups is 1. The Hall–Kier alpha value is -1.53. The molecule has 0 aromatic carbocycles. The molecule has 2 N–H and O–H groups in total. The van der Waals surface area contributed by atoms with Gasteiger partial charge in [0, 0.05) is 25.5 Å². The van der Waals surface area contributed by atoms with Crippen molar-refractivity contribution in [1.82, 2.24) is 15.3 Å². The van der Waals surface area contributed by atoms with Crippen LogP contribution in [0.4, 0.5) is 5.95 Å². The number of aromatic nitrogens is 2. The van der Waals surface area contributed by atoms with Gasteiger partial charge >= 0.3 is 0 Å². The van der Waals surface area contributed by atoms with E-state index < -0.39 is 0 Å². The first kappa shape index (κ1) is 11.0. The Morgan fingerprint density at radius 3 is 2.81 bits per heavy atom. The molecule has 1 aliphatic heterocycles. The van der Waals surface area contributed by atoms with Crippen LogP contribution in [0.15, 0.2) is 18.5 Å². The zero-order valence-electron chi connectivity index (χ0n) is 9.06. The Morgan fingerprint density at radius 2 is 2.25 bits per heavy atom. The van der Waals surface area contributed by atoms with Crippen molar-refractivity contribution in [3.05, 3.63) is 18.5 Å². The van der Waals surface area contributed by atoms with Crippen molar-refractivity contribution in [1.29, 1.82) is 0 Å². The Kier molecular flexibility index (Phi) is 3.12. The zero-order chi connectivity index (χ0) is 11.4. The molecule has 0 radical (unpaired) electrons. The van der Waals surface area contributed by atoms with Gasteiger partial charge in [-0.1, -0.05) is 0 Å². The van der Waals surface area contributed by atoms with Crippen LogP contribution in [0.3, 0.4) is 0 Å². The highest BCUT2D eigenvalue weighted by Gasteiger charge is 2.33. The summed E-state index contributed by atoms with van der Waals surface area (Å²) in [6, 6.07) is 1.69. The van der Waals surface area contributed by atoms with E-state index in [9.17, 15) is 4.79 Å². The monoisotopic (exact) mass is 222 g/mol. The SMILES string of the molecule is CC1(OCC(=O)Nc2ncccn2)CNC1. The molecule has 1 amide bonds. The van der Waals surface area contributed by atoms with Gasteiger partial charge in [0.25, 0.3) is 5.91 Å². The molecule has 0 unspecified atom stereocenters. The maximum absolute atomic E-state index is 11.5. The minimum absolute atomic E-state index is 0.0242. The predicted molar refractivity (Wildman–Crippen MR) is 57.9 cm³/mol. The highest BCUT2D eigenvalue weighted by atomic mass is 16.5. The lowest BCUT2D eigenvalue weighted by atomic mass is 10.0. The van der Waals surface area contributed by atoms with Crippen LogP contribution in [-0.4, -0.2) is 41.2 Å². The second-order valence-corrected chi connectivity index (χ2v) is 3.96. The number of nitrogens with zero attached hydrogens (tertiary/aromatic N) is 2.